The van der Waals surface area contributed by atoms with Crippen molar-refractivity contribution in [2.75, 3.05) is 26.2 Å². The van der Waals surface area contributed by atoms with E-state index in [0.29, 0.717) is 36.6 Å². The molecule has 1 amide bonds. The number of piperidine rings is 1. The fraction of sp³-hybridized carbons (Fsp3) is 0.333. The molecule has 2 heterocycles. The summed E-state index contributed by atoms with van der Waals surface area (Å²) in [5, 5.41) is 11.0. The summed E-state index contributed by atoms with van der Waals surface area (Å²) in [6.45, 7) is 3.32. The van der Waals surface area contributed by atoms with E-state index in [1.54, 1.807) is 13.0 Å². The first-order valence-electron chi connectivity index (χ1n) is 12.9. The predicted octanol–water partition coefficient (Wildman–Crippen LogP) is 4.99. The van der Waals surface area contributed by atoms with Crippen molar-refractivity contribution in [3.8, 4) is 0 Å². The van der Waals surface area contributed by atoms with Crippen LogP contribution in [0.1, 0.15) is 42.4 Å². The third-order valence-electron chi connectivity index (χ3n) is 7.66. The maximum absolute atomic E-state index is 13.9. The number of benzene rings is 3. The number of carbonyl (C=O) groups excluding carboxylic acids is 1. The number of carbonyl (C=O) groups is 1. The van der Waals surface area contributed by atoms with Crippen LogP contribution in [0.15, 0.2) is 71.7 Å². The number of amides is 1. The highest BCUT2D eigenvalue weighted by atomic mass is 19.2. The Morgan fingerprint density at radius 2 is 1.44 bits per heavy atom. The number of hydrogen-bond acceptors (Lipinski definition) is 4. The molecule has 0 aliphatic carbocycles. The molecule has 0 bridgehead atoms. The topological polar surface area (TPSA) is 56.1 Å². The van der Waals surface area contributed by atoms with Crippen LogP contribution < -0.4 is 0 Å². The Morgan fingerprint density at radius 3 is 1.97 bits per heavy atom. The van der Waals surface area contributed by atoms with E-state index >= 15 is 0 Å². The van der Waals surface area contributed by atoms with Gasteiger partial charge < -0.3 is 10.0 Å². The first-order chi connectivity index (χ1) is 18.7. The van der Waals surface area contributed by atoms with Gasteiger partial charge in [0.15, 0.2) is 17.2 Å². The van der Waals surface area contributed by atoms with Crippen LogP contribution in [0.5, 0.6) is 0 Å². The number of nitrogens with zero attached hydrogens (tertiary/aromatic N) is 3. The van der Waals surface area contributed by atoms with Crippen LogP contribution in [-0.2, 0) is 10.3 Å². The molecule has 1 fully saturated rings. The Bertz CT molecular complexity index is 1320. The van der Waals surface area contributed by atoms with Gasteiger partial charge in [0, 0.05) is 6.54 Å². The van der Waals surface area contributed by atoms with Gasteiger partial charge in [-0.2, -0.15) is 0 Å². The molecule has 1 N–H and O–H groups in total. The quantitative estimate of drug-likeness (QED) is 0.431. The second-order valence-electron chi connectivity index (χ2n) is 10.2. The zero-order valence-corrected chi connectivity index (χ0v) is 21.5. The smallest absolute Gasteiger partial charge is 0.265 e. The van der Waals surface area contributed by atoms with Crippen molar-refractivity contribution < 1.29 is 27.5 Å². The summed E-state index contributed by atoms with van der Waals surface area (Å²) in [5.74, 6) is -2.54. The van der Waals surface area contributed by atoms with Gasteiger partial charge in [-0.05, 0) is 91.9 Å². The number of halogens is 4. The average Bonchev–Trinajstić information content (AvgIpc) is 3.17. The zero-order chi connectivity index (χ0) is 27.7. The van der Waals surface area contributed by atoms with Crippen molar-refractivity contribution >= 4 is 11.7 Å². The molecule has 3 aromatic rings. The van der Waals surface area contributed by atoms with Crippen LogP contribution >= 0.6 is 0 Å². The number of hydrogen-bond donors (Lipinski definition) is 1. The van der Waals surface area contributed by atoms with Crippen LogP contribution in [0.4, 0.5) is 17.6 Å². The van der Waals surface area contributed by atoms with Gasteiger partial charge in [-0.25, -0.2) is 22.6 Å². The normalized spacial score (nSPS) is 18.9. The third-order valence-corrected chi connectivity index (χ3v) is 7.66. The summed E-state index contributed by atoms with van der Waals surface area (Å²) < 4.78 is 54.3. The Hall–Kier alpha value is -3.56. The molecule has 3 aromatic carbocycles. The molecule has 0 aromatic heterocycles. The predicted molar refractivity (Wildman–Crippen MR) is 139 cm³/mol. The summed E-state index contributed by atoms with van der Waals surface area (Å²) in [4.78, 5) is 22.1. The average molecular weight is 540 g/mol. The van der Waals surface area contributed by atoms with Crippen molar-refractivity contribution in [1.82, 2.24) is 9.80 Å². The first-order valence-corrected chi connectivity index (χ1v) is 12.9. The van der Waals surface area contributed by atoms with Crippen molar-refractivity contribution in [3.63, 3.8) is 0 Å². The maximum atomic E-state index is 13.9. The van der Waals surface area contributed by atoms with E-state index < -0.39 is 40.8 Å². The van der Waals surface area contributed by atoms with Crippen molar-refractivity contribution in [2.45, 2.75) is 37.3 Å². The lowest BCUT2D eigenvalue weighted by atomic mass is 9.82. The minimum atomic E-state index is -1.52. The summed E-state index contributed by atoms with van der Waals surface area (Å²) in [6.07, 6.45) is 0.592. The van der Waals surface area contributed by atoms with E-state index in [1.807, 2.05) is 0 Å². The summed E-state index contributed by atoms with van der Waals surface area (Å²) in [6, 6.07) is 15.0. The molecule has 5 rings (SSSR count). The molecule has 1 atom stereocenters. The highest BCUT2D eigenvalue weighted by molar-refractivity contribution is 6.09. The fourth-order valence-electron chi connectivity index (χ4n) is 5.61. The molecule has 5 nitrogen and oxygen atoms in total. The van der Waals surface area contributed by atoms with Crippen molar-refractivity contribution in [3.05, 3.63) is 107 Å². The molecule has 0 spiro atoms. The molecule has 39 heavy (non-hydrogen) atoms. The monoisotopic (exact) mass is 539 g/mol. The van der Waals surface area contributed by atoms with Crippen molar-refractivity contribution in [1.29, 1.82) is 0 Å². The van der Waals surface area contributed by atoms with E-state index in [-0.39, 0.29) is 12.5 Å². The van der Waals surface area contributed by atoms with Crippen LogP contribution in [0.2, 0.25) is 0 Å². The second kappa shape index (κ2) is 10.9. The molecular weight excluding hydrogens is 510 g/mol. The summed E-state index contributed by atoms with van der Waals surface area (Å²) in [7, 11) is 0. The minimum Gasteiger partial charge on any atom is -0.390 e. The lowest BCUT2D eigenvalue weighted by Gasteiger charge is -2.34. The number of aliphatic imine (C=N–C) groups is 1. The van der Waals surface area contributed by atoms with E-state index in [2.05, 4.69) is 4.90 Å². The van der Waals surface area contributed by atoms with Gasteiger partial charge in [0.1, 0.15) is 17.5 Å². The van der Waals surface area contributed by atoms with Crippen LogP contribution in [0, 0.1) is 23.3 Å². The number of rotatable bonds is 7. The molecule has 1 saturated heterocycles. The van der Waals surface area contributed by atoms with Crippen LogP contribution in [-0.4, -0.2) is 58.9 Å². The lowest BCUT2D eigenvalue weighted by molar-refractivity contribution is -0.131. The van der Waals surface area contributed by atoms with Gasteiger partial charge in [-0.3, -0.25) is 9.69 Å². The van der Waals surface area contributed by atoms with Gasteiger partial charge in [0.05, 0.1) is 12.6 Å². The summed E-state index contributed by atoms with van der Waals surface area (Å²) in [5.41, 5.74) is 0.127. The number of β-amino-alcohol motifs (C(OH)–C–C–N with tert-alkyl or cyclic N) is 1. The Morgan fingerprint density at radius 1 is 0.872 bits per heavy atom. The molecule has 2 aliphatic rings. The number of likely N-dealkylation sites (tertiary alicyclic amines) is 1. The highest BCUT2D eigenvalue weighted by Gasteiger charge is 2.50. The standard InChI is InChI=1S/C30H29F4N3O2/c1-19-35-30(22-3-7-24(31)8-4-22,23-5-9-25(32)10-6-23)29(39)37(19)18-26(38)17-36-14-12-20(13-15-36)21-2-11-27(33)28(34)16-21/h2-11,16,20,26,38H,12-15,17-18H2,1H3. The van der Waals surface area contributed by atoms with E-state index in [1.165, 1.54) is 59.5 Å². The largest absolute Gasteiger partial charge is 0.390 e. The van der Waals surface area contributed by atoms with Gasteiger partial charge >= 0.3 is 0 Å². The van der Waals surface area contributed by atoms with Crippen molar-refractivity contribution in [2.24, 2.45) is 4.99 Å². The minimum absolute atomic E-state index is 0.00140. The Kier molecular flexibility index (Phi) is 7.55. The fourth-order valence-corrected chi connectivity index (χ4v) is 5.61. The lowest BCUT2D eigenvalue weighted by Crippen LogP contribution is -2.47. The van der Waals surface area contributed by atoms with Gasteiger partial charge in [0.2, 0.25) is 0 Å². The maximum Gasteiger partial charge on any atom is 0.265 e. The number of amidine groups is 1. The van der Waals surface area contributed by atoms with E-state index in [0.717, 1.165) is 24.5 Å². The Balaban J connectivity index is 1.28. The molecule has 0 radical (unpaired) electrons. The second-order valence-corrected chi connectivity index (χ2v) is 10.2. The molecule has 1 unspecified atom stereocenters. The number of aliphatic hydroxyl groups excluding tert-OH is 1. The van der Waals surface area contributed by atoms with E-state index in [9.17, 15) is 27.5 Å². The van der Waals surface area contributed by atoms with Gasteiger partial charge in [-0.1, -0.05) is 30.3 Å². The van der Waals surface area contributed by atoms with Crippen LogP contribution in [0.3, 0.4) is 0 Å². The SMILES string of the molecule is CC1=NC(c2ccc(F)cc2)(c2ccc(F)cc2)C(=O)N1CC(O)CN1CCC(c2ccc(F)c(F)c2)CC1. The zero-order valence-electron chi connectivity index (χ0n) is 21.5. The van der Waals surface area contributed by atoms with E-state index in [4.69, 9.17) is 4.99 Å². The van der Waals surface area contributed by atoms with Gasteiger partial charge in [0.25, 0.3) is 5.91 Å². The number of aliphatic hydroxyl groups is 1. The van der Waals surface area contributed by atoms with Crippen LogP contribution in [0.25, 0.3) is 0 Å². The molecule has 204 valence electrons. The Labute approximate surface area is 224 Å². The third kappa shape index (κ3) is 5.33. The van der Waals surface area contributed by atoms with Gasteiger partial charge in [-0.15, -0.1) is 0 Å². The molecule has 9 heteroatoms. The summed E-state index contributed by atoms with van der Waals surface area (Å²) >= 11 is 0. The molecule has 2 aliphatic heterocycles. The highest BCUT2D eigenvalue weighted by Crippen LogP contribution is 2.40. The first kappa shape index (κ1) is 27.0. The molecule has 0 saturated carbocycles. The molecular formula is C30H29F4N3O2.